The number of ketones is 2. The number of carboxylic acid groups (broad SMARTS) is 2. The summed E-state index contributed by atoms with van der Waals surface area (Å²) in [6, 6.07) is 19.0. The highest BCUT2D eigenvalue weighted by atomic mass is 32.2. The number of Topliss-reactive ketones (excluding diaryl/α,β-unsaturated/α-hetero) is 2. The molecular weight excluding hydrogens is 1620 g/mol. The first-order valence-corrected chi connectivity index (χ1v) is 43.8. The van der Waals surface area contributed by atoms with Crippen LogP contribution in [0.1, 0.15) is 165 Å². The number of para-hydroxylation sites is 1. The number of nitrogens with zero attached hydrogens (tertiary/aromatic N) is 10. The number of ether oxygens (including phenoxy) is 3. The standard InChI is InChI=1S/C82H98N12O23S3/c1-46(2)56(33-53(95)34-61(94-66(97)21-22-67(94)98)60-37-92(89-88-60)24-10-29-119(109,110)111)74(103)84-47(3)62(96)32-49-15-16-52(51(31-49)17-19-63-69(99)70(100)71(101)72(117-63)76(106)107)38-115-78(108)90(27-30-120(112,113)114)26-28-116-82-42-79(5)39-80(6,43-82)41-81(40-79,44-82)45-93-48(4)57(35-83-93)54-18-20-65(86-68(54)75(104)105)91-25-23-50-11-9-12-55(58(50)36-91)73(102)87-77-85-59-13-7-8-14-64(59)118-77/h7-9,11-16,18,20-22,31,35,37,46-47,56,61,63,69-72,99-101H,10,17,19,23-30,32-34,36,38-45H2,1-6H3,(H,84,103)(H,104,105)(H,106,107)(H,85,87,102)(H,109,110,111)(H,112,113,114)/t47-,56-,61+,63-,69-,70+,71-,72-,79?,80?,81?,82?/m0/s1. The maximum Gasteiger partial charge on any atom is 0.410 e. The molecule has 4 aliphatic carbocycles. The van der Waals surface area contributed by atoms with Gasteiger partial charge in [0.2, 0.25) is 5.91 Å². The van der Waals surface area contributed by atoms with Gasteiger partial charge in [0.15, 0.2) is 22.7 Å². The molecule has 1 saturated heterocycles. The minimum atomic E-state index is -4.66. The molecule has 35 nitrogen and oxygen atoms in total. The van der Waals surface area contributed by atoms with Crippen LogP contribution in [0.15, 0.2) is 97.3 Å². The van der Waals surface area contributed by atoms with Crippen molar-refractivity contribution < 1.29 is 109 Å². The zero-order chi connectivity index (χ0) is 86.3. The molecule has 9 N–H and O–H groups in total. The Kier molecular flexibility index (Phi) is 25.7. The monoisotopic (exact) mass is 1710 g/mol. The Morgan fingerprint density at radius 3 is 2.22 bits per heavy atom. The molecule has 10 atom stereocenters. The van der Waals surface area contributed by atoms with Crippen molar-refractivity contribution in [3.05, 3.63) is 148 Å². The van der Waals surface area contributed by atoms with E-state index in [1.54, 1.807) is 50.4 Å². The van der Waals surface area contributed by atoms with Crippen molar-refractivity contribution in [3.63, 3.8) is 0 Å². The Morgan fingerprint density at radius 2 is 1.52 bits per heavy atom. The van der Waals surface area contributed by atoms with Crippen LogP contribution in [0.4, 0.5) is 15.7 Å². The number of aromatic carboxylic acids is 1. The third-order valence-electron chi connectivity index (χ3n) is 24.0. The molecule has 642 valence electrons. The van der Waals surface area contributed by atoms with Gasteiger partial charge in [-0.05, 0) is 158 Å². The van der Waals surface area contributed by atoms with E-state index in [2.05, 4.69) is 39.8 Å². The molecule has 7 aliphatic rings. The van der Waals surface area contributed by atoms with Gasteiger partial charge in [-0.15, -0.1) is 5.10 Å². The number of anilines is 2. The summed E-state index contributed by atoms with van der Waals surface area (Å²) < 4.78 is 89.3. The second-order valence-corrected chi connectivity index (χ2v) is 38.1. The summed E-state index contributed by atoms with van der Waals surface area (Å²) >= 11 is 1.38. The lowest BCUT2D eigenvalue weighted by molar-refractivity contribution is -0.248. The number of fused-ring (bicyclic) bond motifs is 2. The molecule has 7 aromatic rings. The van der Waals surface area contributed by atoms with Crippen molar-refractivity contribution >= 4 is 106 Å². The van der Waals surface area contributed by atoms with E-state index in [1.807, 2.05) is 52.9 Å². The molecule has 4 aromatic heterocycles. The van der Waals surface area contributed by atoms with E-state index in [0.29, 0.717) is 89.6 Å². The number of carbonyl (C=O) groups is 9. The van der Waals surface area contributed by atoms with Gasteiger partial charge < -0.3 is 54.9 Å². The number of carbonyl (C=O) groups excluding carboxylic acids is 7. The highest BCUT2D eigenvalue weighted by Gasteiger charge is 2.66. The molecule has 38 heteroatoms. The predicted octanol–water partition coefficient (Wildman–Crippen LogP) is 6.68. The Labute approximate surface area is 695 Å². The summed E-state index contributed by atoms with van der Waals surface area (Å²) in [6.07, 6.45) is -1.46. The number of thiazole rings is 1. The van der Waals surface area contributed by atoms with Gasteiger partial charge in [0.25, 0.3) is 38.0 Å². The number of aliphatic hydroxyl groups is 3. The van der Waals surface area contributed by atoms with Crippen LogP contribution in [-0.2, 0) is 109 Å². The molecule has 0 spiro atoms. The number of rotatable bonds is 36. The van der Waals surface area contributed by atoms with Gasteiger partial charge in [-0.3, -0.25) is 57.5 Å². The van der Waals surface area contributed by atoms with E-state index in [4.69, 9.17) is 24.3 Å². The third-order valence-corrected chi connectivity index (χ3v) is 26.4. The van der Waals surface area contributed by atoms with Crippen molar-refractivity contribution in [1.29, 1.82) is 0 Å². The molecule has 7 heterocycles. The third kappa shape index (κ3) is 20.0. The van der Waals surface area contributed by atoms with Crippen LogP contribution in [0.5, 0.6) is 0 Å². The minimum Gasteiger partial charge on any atom is -0.479 e. The molecule has 3 aliphatic heterocycles. The molecule has 0 radical (unpaired) electrons. The van der Waals surface area contributed by atoms with E-state index in [-0.39, 0.29) is 78.9 Å². The van der Waals surface area contributed by atoms with Gasteiger partial charge in [0.1, 0.15) is 42.2 Å². The minimum absolute atomic E-state index is 0.0133. The summed E-state index contributed by atoms with van der Waals surface area (Å²) in [4.78, 5) is 135. The first-order valence-electron chi connectivity index (χ1n) is 39.7. The van der Waals surface area contributed by atoms with Crippen molar-refractivity contribution in [3.8, 4) is 11.1 Å². The van der Waals surface area contributed by atoms with Crippen LogP contribution >= 0.6 is 11.3 Å². The molecule has 5 amide bonds. The summed E-state index contributed by atoms with van der Waals surface area (Å²) in [5.41, 5.74) is 4.14. The second-order valence-electron chi connectivity index (χ2n) is 33.9. The Bertz CT molecular complexity index is 5360. The van der Waals surface area contributed by atoms with Crippen LogP contribution in [-0.4, -0.2) is 229 Å². The summed E-state index contributed by atoms with van der Waals surface area (Å²) in [7, 11) is -8.95. The van der Waals surface area contributed by atoms with E-state index in [0.717, 1.165) is 68.3 Å². The summed E-state index contributed by atoms with van der Waals surface area (Å²) in [6.45, 7) is 11.1. The SMILES string of the molecule is Cc1c(-c2ccc(N3CCc4cccc(C(=O)Nc5nc6ccccc6s5)c4C3)nc2C(=O)O)cnn1CC12CC3(C)CC(C)(C1)CC(OCCN(CCS(=O)(=O)O)C(=O)OCc1ccc(CC(=O)[C@H](C)NC(=O)[C@@H](CC(=O)C[C@H](c4cn(CCCS(=O)(=O)O)nn4)N4C(=O)C=CC4=O)C(C)C)cc1CC[C@@H]1O[C@H](C(=O)O)[C@@H](O)[C@H](O)[C@H]1O)(C3)C2. The number of imide groups is 1. The fourth-order valence-electron chi connectivity index (χ4n) is 19.4. The van der Waals surface area contributed by atoms with Crippen LogP contribution in [0.2, 0.25) is 0 Å². The van der Waals surface area contributed by atoms with Gasteiger partial charge in [0.05, 0.1) is 64.5 Å². The Hall–Kier alpha value is -10.2. The number of benzene rings is 3. The first-order chi connectivity index (χ1) is 56.6. The molecule has 5 fully saturated rings. The van der Waals surface area contributed by atoms with Crippen LogP contribution in [0.25, 0.3) is 21.3 Å². The molecule has 2 unspecified atom stereocenters. The Balaban J connectivity index is 0.669. The number of aliphatic carboxylic acids is 1. The van der Waals surface area contributed by atoms with Crippen LogP contribution in [0, 0.1) is 35.0 Å². The van der Waals surface area contributed by atoms with Crippen molar-refractivity contribution in [2.24, 2.45) is 28.1 Å². The van der Waals surface area contributed by atoms with Crippen LogP contribution in [0.3, 0.4) is 0 Å². The lowest BCUT2D eigenvalue weighted by Crippen LogP contribution is -2.64. The number of amides is 5. The number of hydrogen-bond acceptors (Lipinski definition) is 26. The number of hydrogen-bond donors (Lipinski definition) is 9. The van der Waals surface area contributed by atoms with Crippen molar-refractivity contribution in [2.45, 2.75) is 199 Å². The summed E-state index contributed by atoms with van der Waals surface area (Å²) in [5, 5.41) is 72.0. The zero-order valence-corrected chi connectivity index (χ0v) is 69.5. The van der Waals surface area contributed by atoms with Crippen molar-refractivity contribution in [1.82, 2.24) is 49.9 Å². The lowest BCUT2D eigenvalue weighted by atomic mass is 9.39. The smallest absolute Gasteiger partial charge is 0.410 e. The van der Waals surface area contributed by atoms with Gasteiger partial charge in [-0.2, -0.15) is 21.9 Å². The fraction of sp³-hybridized carbons (Fsp3) is 0.512. The van der Waals surface area contributed by atoms with Gasteiger partial charge in [0, 0.05) is 99.0 Å². The van der Waals surface area contributed by atoms with Crippen LogP contribution < -0.4 is 15.5 Å². The topological polar surface area (TPSA) is 499 Å². The first kappa shape index (κ1) is 87.7. The number of pyridine rings is 1. The Morgan fingerprint density at radius 1 is 0.800 bits per heavy atom. The van der Waals surface area contributed by atoms with E-state index in [1.165, 1.54) is 35.2 Å². The number of aliphatic hydroxyl groups excluding tert-OH is 3. The second kappa shape index (κ2) is 35.1. The van der Waals surface area contributed by atoms with Crippen molar-refractivity contribution in [2.75, 3.05) is 48.0 Å². The fourth-order valence-corrected chi connectivity index (χ4v) is 21.2. The molecule has 120 heavy (non-hydrogen) atoms. The number of aromatic nitrogens is 7. The van der Waals surface area contributed by atoms with Gasteiger partial charge in [-0.25, -0.2) is 24.4 Å². The summed E-state index contributed by atoms with van der Waals surface area (Å²) in [5.74, 6) is -8.97. The highest BCUT2D eigenvalue weighted by Crippen LogP contribution is 2.72. The lowest BCUT2D eigenvalue weighted by Gasteiger charge is -2.69. The molecule has 14 rings (SSSR count). The molecule has 4 saturated carbocycles. The molecule has 4 bridgehead atoms. The highest BCUT2D eigenvalue weighted by molar-refractivity contribution is 7.86. The number of carboxylic acids is 2. The maximum absolute atomic E-state index is 14.5. The molecule has 3 aromatic carbocycles. The van der Waals surface area contributed by atoms with E-state index >= 15 is 0 Å². The normalized spacial score (nSPS) is 24.1. The van der Waals surface area contributed by atoms with Gasteiger partial charge >= 0.3 is 18.0 Å². The zero-order valence-electron chi connectivity index (χ0n) is 67.1. The van der Waals surface area contributed by atoms with Gasteiger partial charge in [-0.1, -0.05) is 86.7 Å². The average Bonchev–Trinajstić information content (AvgIpc) is 1.13. The quantitative estimate of drug-likeness (QED) is 0.0146. The largest absolute Gasteiger partial charge is 0.479 e. The molecular formula is C82H98N12O23S3. The van der Waals surface area contributed by atoms with E-state index in [9.17, 15) is 94.6 Å². The average molecular weight is 1720 g/mol. The van der Waals surface area contributed by atoms with E-state index < -0.39 is 165 Å². The number of aryl methyl sites for hydroxylation is 2. The number of nitrogens with one attached hydrogen (secondary N) is 2. The predicted molar refractivity (Wildman–Crippen MR) is 432 cm³/mol. The maximum atomic E-state index is 14.5.